The largest absolute Gasteiger partial charge is 0.312 e. The number of rotatable bonds is 6. The lowest BCUT2D eigenvalue weighted by Crippen LogP contribution is -2.60. The number of nitrogens with one attached hydrogen (secondary N) is 1. The van der Waals surface area contributed by atoms with E-state index < -0.39 is 0 Å². The van der Waals surface area contributed by atoms with Crippen LogP contribution in [0.2, 0.25) is 0 Å². The molecule has 0 radical (unpaired) electrons. The van der Waals surface area contributed by atoms with Crippen LogP contribution in [0, 0.1) is 11.8 Å². The summed E-state index contributed by atoms with van der Waals surface area (Å²) in [5.41, 5.74) is 0.297. The van der Waals surface area contributed by atoms with Gasteiger partial charge in [-0.25, -0.2) is 0 Å². The van der Waals surface area contributed by atoms with Gasteiger partial charge in [0.2, 0.25) is 0 Å². The van der Waals surface area contributed by atoms with Gasteiger partial charge in [0.05, 0.1) is 0 Å². The fourth-order valence-corrected chi connectivity index (χ4v) is 3.68. The van der Waals surface area contributed by atoms with Crippen molar-refractivity contribution in [2.75, 3.05) is 13.6 Å². The van der Waals surface area contributed by atoms with Crippen LogP contribution in [0.5, 0.6) is 0 Å². The molecular formula is C17H36N2. The molecule has 0 saturated heterocycles. The third kappa shape index (κ3) is 4.19. The highest BCUT2D eigenvalue weighted by molar-refractivity contribution is 4.97. The molecule has 0 aromatic heterocycles. The van der Waals surface area contributed by atoms with Crippen molar-refractivity contribution in [3.63, 3.8) is 0 Å². The summed E-state index contributed by atoms with van der Waals surface area (Å²) in [5.74, 6) is 1.65. The zero-order valence-electron chi connectivity index (χ0n) is 14.3. The normalized spacial score (nSPS) is 32.8. The predicted molar refractivity (Wildman–Crippen MR) is 85.6 cm³/mol. The number of nitrogens with zero attached hydrogens (tertiary/aromatic N) is 1. The van der Waals surface area contributed by atoms with Gasteiger partial charge in [0.15, 0.2) is 0 Å². The molecule has 1 saturated carbocycles. The quantitative estimate of drug-likeness (QED) is 0.786. The lowest BCUT2D eigenvalue weighted by Gasteiger charge is -2.50. The van der Waals surface area contributed by atoms with Gasteiger partial charge in [0.1, 0.15) is 0 Å². The molecule has 2 heteroatoms. The van der Waals surface area contributed by atoms with Crippen LogP contribution < -0.4 is 5.32 Å². The monoisotopic (exact) mass is 268 g/mol. The van der Waals surface area contributed by atoms with Gasteiger partial charge in [-0.3, -0.25) is 4.90 Å². The third-order valence-electron chi connectivity index (χ3n) is 5.35. The fraction of sp³-hybridized carbons (Fsp3) is 1.00. The Hall–Kier alpha value is -0.0800. The molecule has 0 aliphatic heterocycles. The standard InChI is InChI=1S/C17H36N2/c1-8-10-18-15-12-13(3)11-14(4)16(15)19(7)17(5,6)9-2/h13-16,18H,8-12H2,1-7H3. The molecule has 0 amide bonds. The Morgan fingerprint density at radius 2 is 1.79 bits per heavy atom. The van der Waals surface area contributed by atoms with E-state index in [0.717, 1.165) is 18.4 Å². The molecule has 4 atom stereocenters. The van der Waals surface area contributed by atoms with E-state index in [4.69, 9.17) is 0 Å². The highest BCUT2D eigenvalue weighted by atomic mass is 15.2. The maximum Gasteiger partial charge on any atom is 0.0277 e. The molecule has 0 aromatic carbocycles. The molecule has 0 aromatic rings. The summed E-state index contributed by atoms with van der Waals surface area (Å²) in [7, 11) is 2.33. The summed E-state index contributed by atoms with van der Waals surface area (Å²) in [4.78, 5) is 2.65. The first kappa shape index (κ1) is 17.0. The molecule has 0 heterocycles. The first-order valence-corrected chi connectivity index (χ1v) is 8.29. The molecule has 1 aliphatic rings. The van der Waals surface area contributed by atoms with Crippen molar-refractivity contribution in [2.45, 2.75) is 84.8 Å². The Kier molecular flexibility index (Phi) is 6.32. The van der Waals surface area contributed by atoms with Gasteiger partial charge in [-0.15, -0.1) is 0 Å². The van der Waals surface area contributed by atoms with Crippen LogP contribution in [0.15, 0.2) is 0 Å². The first-order chi connectivity index (χ1) is 8.83. The van der Waals surface area contributed by atoms with Crippen molar-refractivity contribution in [1.29, 1.82) is 0 Å². The number of hydrogen-bond donors (Lipinski definition) is 1. The van der Waals surface area contributed by atoms with E-state index in [9.17, 15) is 0 Å². The lowest BCUT2D eigenvalue weighted by atomic mass is 9.74. The number of hydrogen-bond acceptors (Lipinski definition) is 2. The van der Waals surface area contributed by atoms with E-state index in [0.29, 0.717) is 17.6 Å². The van der Waals surface area contributed by atoms with Crippen LogP contribution >= 0.6 is 0 Å². The van der Waals surface area contributed by atoms with Gasteiger partial charge in [-0.05, 0) is 65.0 Å². The van der Waals surface area contributed by atoms with E-state index in [2.05, 4.69) is 58.8 Å². The van der Waals surface area contributed by atoms with E-state index >= 15 is 0 Å². The van der Waals surface area contributed by atoms with Crippen molar-refractivity contribution in [3.05, 3.63) is 0 Å². The molecule has 1 N–H and O–H groups in total. The van der Waals surface area contributed by atoms with Gasteiger partial charge in [0.25, 0.3) is 0 Å². The Bertz CT molecular complexity index is 262. The summed E-state index contributed by atoms with van der Waals surface area (Å²) in [6.45, 7) is 15.4. The van der Waals surface area contributed by atoms with Crippen molar-refractivity contribution < 1.29 is 0 Å². The average Bonchev–Trinajstić information content (AvgIpc) is 2.34. The van der Waals surface area contributed by atoms with Crippen molar-refractivity contribution >= 4 is 0 Å². The molecule has 19 heavy (non-hydrogen) atoms. The first-order valence-electron chi connectivity index (χ1n) is 8.29. The maximum atomic E-state index is 3.82. The molecule has 0 bridgehead atoms. The van der Waals surface area contributed by atoms with Gasteiger partial charge in [0, 0.05) is 17.6 Å². The van der Waals surface area contributed by atoms with Crippen LogP contribution in [0.3, 0.4) is 0 Å². The van der Waals surface area contributed by atoms with Crippen LogP contribution in [0.25, 0.3) is 0 Å². The zero-order valence-corrected chi connectivity index (χ0v) is 14.3. The van der Waals surface area contributed by atoms with Crippen LogP contribution in [0.1, 0.15) is 67.2 Å². The minimum Gasteiger partial charge on any atom is -0.312 e. The Balaban J connectivity index is 2.84. The van der Waals surface area contributed by atoms with E-state index in [1.807, 2.05) is 0 Å². The minimum absolute atomic E-state index is 0.297. The van der Waals surface area contributed by atoms with E-state index in [-0.39, 0.29) is 0 Å². The molecule has 1 fully saturated rings. The highest BCUT2D eigenvalue weighted by Crippen LogP contribution is 2.35. The Morgan fingerprint density at radius 3 is 2.32 bits per heavy atom. The topological polar surface area (TPSA) is 15.3 Å². The minimum atomic E-state index is 0.297. The lowest BCUT2D eigenvalue weighted by molar-refractivity contribution is 0.0127. The van der Waals surface area contributed by atoms with Gasteiger partial charge in [-0.1, -0.05) is 27.7 Å². The van der Waals surface area contributed by atoms with Crippen molar-refractivity contribution in [3.8, 4) is 0 Å². The van der Waals surface area contributed by atoms with Crippen LogP contribution in [-0.4, -0.2) is 36.1 Å². The fourth-order valence-electron chi connectivity index (χ4n) is 3.68. The summed E-state index contributed by atoms with van der Waals surface area (Å²) >= 11 is 0. The Labute approximate surface area is 121 Å². The molecule has 0 spiro atoms. The van der Waals surface area contributed by atoms with Crippen LogP contribution in [-0.2, 0) is 0 Å². The van der Waals surface area contributed by atoms with Crippen LogP contribution in [0.4, 0.5) is 0 Å². The SMILES string of the molecule is CCCNC1CC(C)CC(C)C1N(C)C(C)(C)CC. The van der Waals surface area contributed by atoms with Crippen molar-refractivity contribution in [2.24, 2.45) is 11.8 Å². The van der Waals surface area contributed by atoms with E-state index in [1.54, 1.807) is 0 Å². The van der Waals surface area contributed by atoms with Gasteiger partial charge < -0.3 is 5.32 Å². The molecule has 114 valence electrons. The summed E-state index contributed by atoms with van der Waals surface area (Å²) in [6, 6.07) is 1.34. The summed E-state index contributed by atoms with van der Waals surface area (Å²) < 4.78 is 0. The van der Waals surface area contributed by atoms with Gasteiger partial charge >= 0.3 is 0 Å². The second-order valence-corrected chi connectivity index (χ2v) is 7.38. The molecule has 2 nitrogen and oxygen atoms in total. The zero-order chi connectivity index (χ0) is 14.6. The molecule has 4 unspecified atom stereocenters. The maximum absolute atomic E-state index is 3.82. The highest BCUT2D eigenvalue weighted by Gasteiger charge is 2.40. The summed E-state index contributed by atoms with van der Waals surface area (Å²) in [5, 5.41) is 3.82. The smallest absolute Gasteiger partial charge is 0.0277 e. The second kappa shape index (κ2) is 7.08. The summed E-state index contributed by atoms with van der Waals surface area (Å²) in [6.07, 6.45) is 5.15. The van der Waals surface area contributed by atoms with E-state index in [1.165, 1.54) is 25.7 Å². The molecule has 1 rings (SSSR count). The number of likely N-dealkylation sites (N-methyl/N-ethyl adjacent to an activating group) is 1. The van der Waals surface area contributed by atoms with Gasteiger partial charge in [-0.2, -0.15) is 0 Å². The second-order valence-electron chi connectivity index (χ2n) is 7.38. The molecular weight excluding hydrogens is 232 g/mol. The Morgan fingerprint density at radius 1 is 1.16 bits per heavy atom. The van der Waals surface area contributed by atoms with Crippen molar-refractivity contribution in [1.82, 2.24) is 10.2 Å². The predicted octanol–water partition coefficient (Wildman–Crippen LogP) is 3.91. The average molecular weight is 268 g/mol. The third-order valence-corrected chi connectivity index (χ3v) is 5.35. The molecule has 1 aliphatic carbocycles.